The van der Waals surface area contributed by atoms with Crippen molar-refractivity contribution in [1.82, 2.24) is 5.32 Å². The zero-order chi connectivity index (χ0) is 17.9. The van der Waals surface area contributed by atoms with Crippen LogP contribution in [0.5, 0.6) is 0 Å². The largest absolute Gasteiger partial charge is 0.393 e. The summed E-state index contributed by atoms with van der Waals surface area (Å²) in [6.45, 7) is 2.35. The van der Waals surface area contributed by atoms with Crippen molar-refractivity contribution in [2.24, 2.45) is 0 Å². The lowest BCUT2D eigenvalue weighted by molar-refractivity contribution is -0.131. The van der Waals surface area contributed by atoms with Gasteiger partial charge < -0.3 is 15.5 Å². The van der Waals surface area contributed by atoms with Crippen molar-refractivity contribution in [2.45, 2.75) is 109 Å². The maximum Gasteiger partial charge on any atom is 0.251 e. The van der Waals surface area contributed by atoms with E-state index in [1.807, 2.05) is 0 Å². The van der Waals surface area contributed by atoms with Crippen LogP contribution in [0.25, 0.3) is 0 Å². The fourth-order valence-electron chi connectivity index (χ4n) is 2.91. The van der Waals surface area contributed by atoms with E-state index in [0.717, 1.165) is 12.8 Å². The summed E-state index contributed by atoms with van der Waals surface area (Å²) in [6, 6.07) is 0. The Kier molecular flexibility index (Phi) is 18.2. The van der Waals surface area contributed by atoms with Gasteiger partial charge in [0.1, 0.15) is 0 Å². The summed E-state index contributed by atoms with van der Waals surface area (Å²) in [6.07, 6.45) is 18.6. The standard InChI is InChI=1S/C20H41NO3/c1-2-3-4-5-6-7-8-9-10-11-12-13-14-15-16-17-21-20(24)19(23)18-22/h19,22-23H,2-18H2,1H3,(H,21,24). The number of amides is 1. The van der Waals surface area contributed by atoms with Crippen LogP contribution in [-0.2, 0) is 4.79 Å². The summed E-state index contributed by atoms with van der Waals surface area (Å²) in [5.41, 5.74) is 0. The summed E-state index contributed by atoms with van der Waals surface area (Å²) in [7, 11) is 0. The van der Waals surface area contributed by atoms with E-state index in [1.165, 1.54) is 83.5 Å². The van der Waals surface area contributed by atoms with Gasteiger partial charge >= 0.3 is 0 Å². The highest BCUT2D eigenvalue weighted by Crippen LogP contribution is 2.13. The quantitative estimate of drug-likeness (QED) is 0.324. The first-order chi connectivity index (χ1) is 11.7. The van der Waals surface area contributed by atoms with Crippen molar-refractivity contribution in [3.8, 4) is 0 Å². The Morgan fingerprint density at radius 1 is 0.750 bits per heavy atom. The molecule has 0 aliphatic carbocycles. The molecular weight excluding hydrogens is 302 g/mol. The Balaban J connectivity index is 3.09. The van der Waals surface area contributed by atoms with Crippen molar-refractivity contribution >= 4 is 5.91 Å². The number of nitrogens with one attached hydrogen (secondary N) is 1. The Bertz CT molecular complexity index is 272. The van der Waals surface area contributed by atoms with Crippen LogP contribution >= 0.6 is 0 Å². The van der Waals surface area contributed by atoms with Gasteiger partial charge in [-0.3, -0.25) is 4.79 Å². The molecule has 0 spiro atoms. The van der Waals surface area contributed by atoms with Crippen molar-refractivity contribution in [3.63, 3.8) is 0 Å². The molecule has 144 valence electrons. The van der Waals surface area contributed by atoms with Crippen molar-refractivity contribution in [1.29, 1.82) is 0 Å². The first kappa shape index (κ1) is 23.4. The van der Waals surface area contributed by atoms with Gasteiger partial charge in [-0.05, 0) is 6.42 Å². The van der Waals surface area contributed by atoms with Crippen LogP contribution in [-0.4, -0.2) is 35.4 Å². The van der Waals surface area contributed by atoms with Crippen molar-refractivity contribution in [2.75, 3.05) is 13.2 Å². The summed E-state index contributed by atoms with van der Waals surface area (Å²) < 4.78 is 0. The molecule has 0 bridgehead atoms. The molecule has 0 aromatic carbocycles. The lowest BCUT2D eigenvalue weighted by Gasteiger charge is -2.08. The highest BCUT2D eigenvalue weighted by Gasteiger charge is 2.11. The van der Waals surface area contributed by atoms with Crippen LogP contribution < -0.4 is 5.32 Å². The molecule has 0 rings (SSSR count). The van der Waals surface area contributed by atoms with Gasteiger partial charge in [0, 0.05) is 6.54 Å². The second-order valence-corrected chi connectivity index (χ2v) is 6.94. The Morgan fingerprint density at radius 3 is 1.50 bits per heavy atom. The monoisotopic (exact) mass is 343 g/mol. The molecule has 4 heteroatoms. The van der Waals surface area contributed by atoms with Gasteiger partial charge in [-0.25, -0.2) is 0 Å². The van der Waals surface area contributed by atoms with E-state index < -0.39 is 18.6 Å². The minimum atomic E-state index is -1.28. The lowest BCUT2D eigenvalue weighted by atomic mass is 10.0. The van der Waals surface area contributed by atoms with E-state index >= 15 is 0 Å². The zero-order valence-corrected chi connectivity index (χ0v) is 15.9. The number of carbonyl (C=O) groups excluding carboxylic acids is 1. The lowest BCUT2D eigenvalue weighted by Crippen LogP contribution is -2.37. The molecule has 0 radical (unpaired) electrons. The van der Waals surface area contributed by atoms with E-state index in [0.29, 0.717) is 6.54 Å². The average molecular weight is 344 g/mol. The Morgan fingerprint density at radius 2 is 1.12 bits per heavy atom. The predicted octanol–water partition coefficient (Wildman–Crippen LogP) is 4.33. The number of aliphatic hydroxyl groups is 2. The molecule has 24 heavy (non-hydrogen) atoms. The van der Waals surface area contributed by atoms with Gasteiger partial charge in [0.2, 0.25) is 0 Å². The van der Waals surface area contributed by atoms with Gasteiger partial charge in [0.15, 0.2) is 6.10 Å². The minimum Gasteiger partial charge on any atom is -0.393 e. The van der Waals surface area contributed by atoms with E-state index in [-0.39, 0.29) is 0 Å². The summed E-state index contributed by atoms with van der Waals surface area (Å²) in [4.78, 5) is 11.2. The third-order valence-electron chi connectivity index (χ3n) is 4.56. The normalized spacial score (nSPS) is 12.3. The SMILES string of the molecule is CCCCCCCCCCCCCCCCCNC(=O)C(O)CO. The van der Waals surface area contributed by atoms with Gasteiger partial charge in [-0.1, -0.05) is 96.8 Å². The third-order valence-corrected chi connectivity index (χ3v) is 4.56. The fourth-order valence-corrected chi connectivity index (χ4v) is 2.91. The van der Waals surface area contributed by atoms with E-state index in [4.69, 9.17) is 10.2 Å². The van der Waals surface area contributed by atoms with Crippen LogP contribution in [0.4, 0.5) is 0 Å². The summed E-state index contributed by atoms with van der Waals surface area (Å²) >= 11 is 0. The van der Waals surface area contributed by atoms with E-state index in [2.05, 4.69) is 12.2 Å². The topological polar surface area (TPSA) is 69.6 Å². The minimum absolute atomic E-state index is 0.470. The number of hydrogen-bond acceptors (Lipinski definition) is 3. The molecule has 4 nitrogen and oxygen atoms in total. The molecule has 0 fully saturated rings. The first-order valence-corrected chi connectivity index (χ1v) is 10.3. The van der Waals surface area contributed by atoms with Gasteiger partial charge in [-0.2, -0.15) is 0 Å². The van der Waals surface area contributed by atoms with Crippen LogP contribution in [0.2, 0.25) is 0 Å². The maximum absolute atomic E-state index is 11.2. The highest BCUT2D eigenvalue weighted by atomic mass is 16.3. The van der Waals surface area contributed by atoms with Gasteiger partial charge in [0.05, 0.1) is 6.61 Å². The number of hydrogen-bond donors (Lipinski definition) is 3. The molecule has 0 saturated carbocycles. The molecule has 0 aromatic rings. The predicted molar refractivity (Wildman–Crippen MR) is 101 cm³/mol. The first-order valence-electron chi connectivity index (χ1n) is 10.3. The molecule has 1 amide bonds. The zero-order valence-electron chi connectivity index (χ0n) is 15.9. The molecule has 0 aliphatic heterocycles. The second kappa shape index (κ2) is 18.7. The molecular formula is C20H41NO3. The number of rotatable bonds is 18. The smallest absolute Gasteiger partial charge is 0.251 e. The van der Waals surface area contributed by atoms with Crippen LogP contribution in [0.1, 0.15) is 103 Å². The van der Waals surface area contributed by atoms with Gasteiger partial charge in [-0.15, -0.1) is 0 Å². The average Bonchev–Trinajstić information content (AvgIpc) is 2.60. The molecule has 3 N–H and O–H groups in total. The van der Waals surface area contributed by atoms with Crippen molar-refractivity contribution in [3.05, 3.63) is 0 Å². The number of unbranched alkanes of at least 4 members (excludes halogenated alkanes) is 14. The molecule has 0 aromatic heterocycles. The maximum atomic E-state index is 11.2. The highest BCUT2D eigenvalue weighted by molar-refractivity contribution is 5.80. The number of aliphatic hydroxyl groups excluding tert-OH is 2. The third kappa shape index (κ3) is 16.3. The number of carbonyl (C=O) groups is 1. The fraction of sp³-hybridized carbons (Fsp3) is 0.950. The molecule has 1 unspecified atom stereocenters. The van der Waals surface area contributed by atoms with Crippen LogP contribution in [0.3, 0.4) is 0 Å². The second-order valence-electron chi connectivity index (χ2n) is 6.94. The summed E-state index contributed by atoms with van der Waals surface area (Å²) in [5.74, 6) is -0.470. The van der Waals surface area contributed by atoms with E-state index in [1.54, 1.807) is 0 Å². The Labute approximate surface area is 149 Å². The Hall–Kier alpha value is -0.610. The van der Waals surface area contributed by atoms with Crippen LogP contribution in [0, 0.1) is 0 Å². The molecule has 0 saturated heterocycles. The molecule has 1 atom stereocenters. The van der Waals surface area contributed by atoms with Crippen LogP contribution in [0.15, 0.2) is 0 Å². The van der Waals surface area contributed by atoms with Crippen molar-refractivity contribution < 1.29 is 15.0 Å². The summed E-state index contributed by atoms with van der Waals surface area (Å²) in [5, 5.41) is 20.4. The van der Waals surface area contributed by atoms with Gasteiger partial charge in [0.25, 0.3) is 5.91 Å². The molecule has 0 heterocycles. The van der Waals surface area contributed by atoms with E-state index in [9.17, 15) is 4.79 Å². The molecule has 0 aliphatic rings.